The van der Waals surface area contributed by atoms with Gasteiger partial charge in [-0.15, -0.1) is 0 Å². The van der Waals surface area contributed by atoms with Crippen LogP contribution >= 0.6 is 15.9 Å². The summed E-state index contributed by atoms with van der Waals surface area (Å²) < 4.78 is 8.83. The molecule has 19 heavy (non-hydrogen) atoms. The van der Waals surface area contributed by atoms with E-state index in [2.05, 4.69) is 50.4 Å². The van der Waals surface area contributed by atoms with E-state index >= 15 is 0 Å². The molecule has 6 heteroatoms. The molecule has 4 nitrogen and oxygen atoms in total. The maximum absolute atomic E-state index is 5.84. The average molecular weight is 346 g/mol. The molecule has 1 aliphatic heterocycles. The van der Waals surface area contributed by atoms with Crippen molar-refractivity contribution in [2.75, 3.05) is 13.2 Å². The van der Waals surface area contributed by atoms with E-state index in [1.807, 2.05) is 6.20 Å². The van der Waals surface area contributed by atoms with Crippen molar-refractivity contribution in [3.05, 3.63) is 16.6 Å². The van der Waals surface area contributed by atoms with Gasteiger partial charge in [-0.25, -0.2) is 4.98 Å². The Bertz CT molecular complexity index is 411. The Morgan fingerprint density at radius 1 is 1.53 bits per heavy atom. The van der Waals surface area contributed by atoms with Crippen LogP contribution in [-0.2, 0) is 11.5 Å². The predicted octanol–water partition coefficient (Wildman–Crippen LogP) is 3.38. The fourth-order valence-electron chi connectivity index (χ4n) is 2.24. The topological polar surface area (TPSA) is 39.1 Å². The van der Waals surface area contributed by atoms with E-state index in [-0.39, 0.29) is 0 Å². The van der Waals surface area contributed by atoms with Crippen LogP contribution < -0.4 is 5.32 Å². The SMILES string of the molecule is C[Si](C)(C)CCOCn1c([C@@H]2CCCN2)cnc1Br. The summed E-state index contributed by atoms with van der Waals surface area (Å²) in [4.78, 5) is 4.36. The molecule has 1 saturated heterocycles. The number of halogens is 1. The highest BCUT2D eigenvalue weighted by molar-refractivity contribution is 9.10. The van der Waals surface area contributed by atoms with Crippen molar-refractivity contribution < 1.29 is 4.74 Å². The van der Waals surface area contributed by atoms with Crippen LogP contribution in [0.4, 0.5) is 0 Å². The largest absolute Gasteiger partial charge is 0.361 e. The first-order chi connectivity index (χ1) is 8.97. The Kier molecular flexibility index (Phi) is 5.22. The van der Waals surface area contributed by atoms with Crippen molar-refractivity contribution in [3.63, 3.8) is 0 Å². The summed E-state index contributed by atoms with van der Waals surface area (Å²) in [6.07, 6.45) is 4.38. The van der Waals surface area contributed by atoms with E-state index < -0.39 is 8.07 Å². The van der Waals surface area contributed by atoms with Crippen molar-refractivity contribution in [1.82, 2.24) is 14.9 Å². The van der Waals surface area contributed by atoms with Gasteiger partial charge in [-0.05, 0) is 41.4 Å². The maximum atomic E-state index is 5.84. The Labute approximate surface area is 125 Å². The number of imidazole rings is 1. The fraction of sp³-hybridized carbons (Fsp3) is 0.769. The van der Waals surface area contributed by atoms with Crippen molar-refractivity contribution in [2.24, 2.45) is 0 Å². The van der Waals surface area contributed by atoms with Crippen LogP contribution in [0.2, 0.25) is 25.7 Å². The lowest BCUT2D eigenvalue weighted by Crippen LogP contribution is -2.23. The van der Waals surface area contributed by atoms with Gasteiger partial charge in [-0.2, -0.15) is 0 Å². The second kappa shape index (κ2) is 6.52. The highest BCUT2D eigenvalue weighted by atomic mass is 79.9. The predicted molar refractivity (Wildman–Crippen MR) is 84.0 cm³/mol. The van der Waals surface area contributed by atoms with E-state index in [1.165, 1.54) is 24.6 Å². The van der Waals surface area contributed by atoms with E-state index in [4.69, 9.17) is 4.74 Å². The van der Waals surface area contributed by atoms with E-state index in [1.54, 1.807) is 0 Å². The third-order valence-corrected chi connectivity index (χ3v) is 5.81. The van der Waals surface area contributed by atoms with Gasteiger partial charge in [0, 0.05) is 20.7 Å². The maximum Gasteiger partial charge on any atom is 0.179 e. The number of hydrogen-bond acceptors (Lipinski definition) is 3. The van der Waals surface area contributed by atoms with Crippen LogP contribution in [0.1, 0.15) is 24.6 Å². The van der Waals surface area contributed by atoms with Crippen molar-refractivity contribution in [3.8, 4) is 0 Å². The first-order valence-electron chi connectivity index (χ1n) is 6.99. The Morgan fingerprint density at radius 3 is 2.95 bits per heavy atom. The second-order valence-electron chi connectivity index (χ2n) is 6.38. The first-order valence-corrected chi connectivity index (χ1v) is 11.5. The van der Waals surface area contributed by atoms with E-state index in [0.29, 0.717) is 12.8 Å². The zero-order chi connectivity index (χ0) is 13.9. The van der Waals surface area contributed by atoms with Gasteiger partial charge in [-0.3, -0.25) is 4.57 Å². The summed E-state index contributed by atoms with van der Waals surface area (Å²) in [6.45, 7) is 9.66. The number of nitrogens with zero attached hydrogens (tertiary/aromatic N) is 2. The lowest BCUT2D eigenvalue weighted by Gasteiger charge is -2.18. The molecule has 1 aliphatic rings. The molecule has 1 N–H and O–H groups in total. The average Bonchev–Trinajstić information content (AvgIpc) is 2.93. The number of rotatable bonds is 6. The number of aromatic nitrogens is 2. The van der Waals surface area contributed by atoms with Crippen molar-refractivity contribution >= 4 is 24.0 Å². The first kappa shape index (κ1) is 15.2. The third kappa shape index (κ3) is 4.41. The molecule has 1 aromatic rings. The quantitative estimate of drug-likeness (QED) is 0.634. The summed E-state index contributed by atoms with van der Waals surface area (Å²) in [6, 6.07) is 1.63. The van der Waals surface area contributed by atoms with Gasteiger partial charge in [0.05, 0.1) is 11.9 Å². The molecule has 2 heterocycles. The summed E-state index contributed by atoms with van der Waals surface area (Å²) in [5.41, 5.74) is 1.23. The zero-order valence-corrected chi connectivity index (χ0v) is 14.7. The molecule has 0 aromatic carbocycles. The van der Waals surface area contributed by atoms with Crippen LogP contribution in [0.5, 0.6) is 0 Å². The van der Waals surface area contributed by atoms with Crippen LogP contribution in [0.3, 0.4) is 0 Å². The zero-order valence-electron chi connectivity index (χ0n) is 12.1. The van der Waals surface area contributed by atoms with Crippen LogP contribution in [0.15, 0.2) is 10.9 Å². The summed E-state index contributed by atoms with van der Waals surface area (Å²) >= 11 is 3.51. The molecule has 0 unspecified atom stereocenters. The second-order valence-corrected chi connectivity index (χ2v) is 12.7. The fourth-order valence-corrected chi connectivity index (χ4v) is 3.41. The summed E-state index contributed by atoms with van der Waals surface area (Å²) in [7, 11) is -1.01. The van der Waals surface area contributed by atoms with Crippen molar-refractivity contribution in [2.45, 2.75) is 51.3 Å². The Morgan fingerprint density at radius 2 is 2.32 bits per heavy atom. The Hall–Kier alpha value is -0.173. The number of ether oxygens (including phenoxy) is 1. The molecule has 0 aliphatic carbocycles. The molecule has 1 fully saturated rings. The van der Waals surface area contributed by atoms with Gasteiger partial charge in [0.15, 0.2) is 4.73 Å². The molecule has 0 amide bonds. The molecule has 0 spiro atoms. The van der Waals surface area contributed by atoms with Crippen LogP contribution in [0.25, 0.3) is 0 Å². The van der Waals surface area contributed by atoms with Gasteiger partial charge in [-0.1, -0.05) is 19.6 Å². The van der Waals surface area contributed by atoms with E-state index in [9.17, 15) is 0 Å². The Balaban J connectivity index is 1.90. The van der Waals surface area contributed by atoms with E-state index in [0.717, 1.165) is 17.9 Å². The van der Waals surface area contributed by atoms with Gasteiger partial charge in [0.2, 0.25) is 0 Å². The van der Waals surface area contributed by atoms with Gasteiger partial charge >= 0.3 is 0 Å². The minimum Gasteiger partial charge on any atom is -0.361 e. The highest BCUT2D eigenvalue weighted by Gasteiger charge is 2.21. The monoisotopic (exact) mass is 345 g/mol. The minimum atomic E-state index is -1.01. The molecule has 1 aromatic heterocycles. The molecule has 0 bridgehead atoms. The third-order valence-electron chi connectivity index (χ3n) is 3.47. The van der Waals surface area contributed by atoms with Gasteiger partial charge in [0.1, 0.15) is 6.73 Å². The van der Waals surface area contributed by atoms with Gasteiger partial charge in [0.25, 0.3) is 0 Å². The lowest BCUT2D eigenvalue weighted by molar-refractivity contribution is 0.0827. The van der Waals surface area contributed by atoms with Crippen molar-refractivity contribution in [1.29, 1.82) is 0 Å². The molecule has 0 radical (unpaired) electrons. The van der Waals surface area contributed by atoms with Crippen LogP contribution in [0, 0.1) is 0 Å². The number of hydrogen-bond donors (Lipinski definition) is 1. The lowest BCUT2D eigenvalue weighted by atomic mass is 10.2. The molecular weight excluding hydrogens is 322 g/mol. The highest BCUT2D eigenvalue weighted by Crippen LogP contribution is 2.25. The van der Waals surface area contributed by atoms with Crippen LogP contribution in [-0.4, -0.2) is 30.8 Å². The normalized spacial score (nSPS) is 20.1. The van der Waals surface area contributed by atoms with Gasteiger partial charge < -0.3 is 10.1 Å². The smallest absolute Gasteiger partial charge is 0.179 e. The molecule has 1 atom stereocenters. The molecule has 108 valence electrons. The summed E-state index contributed by atoms with van der Waals surface area (Å²) in [5, 5.41) is 3.51. The minimum absolute atomic E-state index is 0.430. The molecule has 2 rings (SSSR count). The number of nitrogens with one attached hydrogen (secondary N) is 1. The summed E-state index contributed by atoms with van der Waals surface area (Å²) in [5.74, 6) is 0. The molecule has 0 saturated carbocycles. The molecular formula is C13H24BrN3OSi. The standard InChI is InChI=1S/C13H24BrN3OSi/c1-19(2,3)8-7-18-10-17-12(9-16-13(17)14)11-5-4-6-15-11/h9,11,15H,4-8,10H2,1-3H3/t11-/m0/s1.